The average Bonchev–Trinajstić information content (AvgIpc) is 3.51. The van der Waals surface area contributed by atoms with Gasteiger partial charge in [-0.05, 0) is 60.4 Å². The summed E-state index contributed by atoms with van der Waals surface area (Å²) in [5.41, 5.74) is 6.57. The van der Waals surface area contributed by atoms with Gasteiger partial charge in [-0.15, -0.1) is 0 Å². The molecule has 2 saturated heterocycles. The topological polar surface area (TPSA) is 135 Å². The first-order valence-electron chi connectivity index (χ1n) is 17.5. The molecule has 4 atom stereocenters. The molecule has 6 aromatic rings. The zero-order chi connectivity index (χ0) is 34.9. The summed E-state index contributed by atoms with van der Waals surface area (Å²) in [4.78, 5) is 40.4. The van der Waals surface area contributed by atoms with E-state index in [1.165, 1.54) is 6.20 Å². The third kappa shape index (κ3) is 6.81. The fourth-order valence-electron chi connectivity index (χ4n) is 7.40. The number of hydrogen-bond acceptors (Lipinski definition) is 8. The van der Waals surface area contributed by atoms with Gasteiger partial charge in [0.05, 0.1) is 47.1 Å². The summed E-state index contributed by atoms with van der Waals surface area (Å²) in [6.07, 6.45) is 2.08. The van der Waals surface area contributed by atoms with Crippen molar-refractivity contribution in [3.05, 3.63) is 136 Å². The second kappa shape index (κ2) is 14.2. The molecule has 1 amide bonds. The minimum Gasteiger partial charge on any atom is -0.392 e. The molecule has 4 aromatic carbocycles. The number of piperidine rings is 1. The van der Waals surface area contributed by atoms with Crippen LogP contribution in [0.25, 0.3) is 22.1 Å². The standard InChI is InChI=1S/C40H40N6O5/c1-25-36(23-45-19-17-30(18-20-45)46-35-12-5-4-11-33(35)44-40(46)49)50-39(51-37(25)27-15-13-26(24-47)14-16-27)28-7-6-8-29(21-28)42-38(48)34-22-41-31-9-2-3-10-32(31)43-34/h2-16,21-22,25,30,36-37,39,47H,17-20,23-24H2,1H3,(H,42,48)(H,44,49). The monoisotopic (exact) mass is 684 g/mol. The molecule has 0 saturated carbocycles. The first-order valence-corrected chi connectivity index (χ1v) is 17.5. The van der Waals surface area contributed by atoms with Crippen LogP contribution in [0.3, 0.4) is 0 Å². The van der Waals surface area contributed by atoms with Crippen LogP contribution in [0, 0.1) is 5.92 Å². The quantitative estimate of drug-likeness (QED) is 0.174. The number of H-pyrrole nitrogens is 1. The molecule has 11 heteroatoms. The number of anilines is 1. The van der Waals surface area contributed by atoms with Gasteiger partial charge in [0.15, 0.2) is 6.29 Å². The number of rotatable bonds is 8. The molecule has 0 spiro atoms. The van der Waals surface area contributed by atoms with Crippen molar-refractivity contribution in [3.8, 4) is 0 Å². The van der Waals surface area contributed by atoms with Crippen LogP contribution in [-0.4, -0.2) is 61.2 Å². The van der Waals surface area contributed by atoms with Crippen LogP contribution in [0.5, 0.6) is 0 Å². The molecule has 3 N–H and O–H groups in total. The molecule has 51 heavy (non-hydrogen) atoms. The van der Waals surface area contributed by atoms with E-state index in [1.807, 2.05) is 102 Å². The minimum absolute atomic E-state index is 0.0181. The normalized spacial score (nSPS) is 21.6. The highest BCUT2D eigenvalue weighted by Crippen LogP contribution is 2.42. The number of aromatic amines is 1. The molecule has 2 aliphatic rings. The van der Waals surface area contributed by atoms with E-state index in [0.717, 1.165) is 59.2 Å². The van der Waals surface area contributed by atoms with Gasteiger partial charge in [-0.2, -0.15) is 0 Å². The van der Waals surface area contributed by atoms with Crippen molar-refractivity contribution in [2.75, 3.05) is 25.0 Å². The molecule has 260 valence electrons. The molecule has 11 nitrogen and oxygen atoms in total. The van der Waals surface area contributed by atoms with Gasteiger partial charge in [-0.1, -0.05) is 67.6 Å². The third-order valence-electron chi connectivity index (χ3n) is 10.2. The predicted octanol–water partition coefficient (Wildman–Crippen LogP) is 6.15. The third-order valence-corrected chi connectivity index (χ3v) is 10.2. The molecular formula is C40H40N6O5. The van der Waals surface area contributed by atoms with Crippen LogP contribution >= 0.6 is 0 Å². The Hall–Kier alpha value is -5.20. The summed E-state index contributed by atoms with van der Waals surface area (Å²) in [7, 11) is 0. The minimum atomic E-state index is -0.687. The van der Waals surface area contributed by atoms with Gasteiger partial charge >= 0.3 is 5.69 Å². The van der Waals surface area contributed by atoms with Gasteiger partial charge in [0, 0.05) is 42.8 Å². The van der Waals surface area contributed by atoms with Crippen LogP contribution in [0.1, 0.15) is 65.4 Å². The summed E-state index contributed by atoms with van der Waals surface area (Å²) in [5, 5.41) is 12.6. The number of fused-ring (bicyclic) bond motifs is 2. The van der Waals surface area contributed by atoms with Gasteiger partial charge in [0.2, 0.25) is 0 Å². The number of ether oxygens (including phenoxy) is 2. The fourth-order valence-corrected chi connectivity index (χ4v) is 7.40. The Bertz CT molecular complexity index is 2230. The average molecular weight is 685 g/mol. The van der Waals surface area contributed by atoms with Gasteiger partial charge < -0.3 is 29.8 Å². The molecule has 8 rings (SSSR count). The van der Waals surface area contributed by atoms with Crippen molar-refractivity contribution in [3.63, 3.8) is 0 Å². The number of hydrogen-bond donors (Lipinski definition) is 3. The lowest BCUT2D eigenvalue weighted by Gasteiger charge is -2.44. The van der Waals surface area contributed by atoms with E-state index >= 15 is 0 Å². The zero-order valence-electron chi connectivity index (χ0n) is 28.3. The molecule has 2 fully saturated rings. The van der Waals surface area contributed by atoms with E-state index in [1.54, 1.807) is 0 Å². The van der Waals surface area contributed by atoms with Crippen LogP contribution in [0.4, 0.5) is 5.69 Å². The lowest BCUT2D eigenvalue weighted by Crippen LogP contribution is -2.47. The van der Waals surface area contributed by atoms with Gasteiger partial charge in [-0.25, -0.2) is 9.78 Å². The van der Waals surface area contributed by atoms with E-state index in [0.29, 0.717) is 17.7 Å². The summed E-state index contributed by atoms with van der Waals surface area (Å²) in [5.74, 6) is -0.341. The number of aliphatic hydroxyl groups is 1. The molecule has 4 heterocycles. The number of imidazole rings is 1. The Kier molecular flexibility index (Phi) is 9.18. The van der Waals surface area contributed by atoms with Crippen molar-refractivity contribution < 1.29 is 19.4 Å². The summed E-state index contributed by atoms with van der Waals surface area (Å²) < 4.78 is 15.4. The second-order valence-electron chi connectivity index (χ2n) is 13.5. The van der Waals surface area contributed by atoms with E-state index in [-0.39, 0.29) is 48.1 Å². The highest BCUT2D eigenvalue weighted by Gasteiger charge is 2.40. The number of para-hydroxylation sites is 4. The number of aromatic nitrogens is 4. The molecule has 0 aliphatic carbocycles. The number of amides is 1. The van der Waals surface area contributed by atoms with Gasteiger partial charge in [-0.3, -0.25) is 14.3 Å². The number of carbonyl (C=O) groups is 1. The van der Waals surface area contributed by atoms with Crippen LogP contribution < -0.4 is 11.0 Å². The molecule has 4 unspecified atom stereocenters. The lowest BCUT2D eigenvalue weighted by molar-refractivity contribution is -0.276. The molecular weight excluding hydrogens is 644 g/mol. The lowest BCUT2D eigenvalue weighted by atomic mass is 9.89. The van der Waals surface area contributed by atoms with Gasteiger partial charge in [0.25, 0.3) is 5.91 Å². The van der Waals surface area contributed by atoms with Gasteiger partial charge in [0.1, 0.15) is 5.69 Å². The molecule has 2 aromatic heterocycles. The Balaban J connectivity index is 1.00. The number of aliphatic hydroxyl groups excluding tert-OH is 1. The number of nitrogens with one attached hydrogen (secondary N) is 2. The van der Waals surface area contributed by atoms with E-state index in [2.05, 4.69) is 32.1 Å². The Labute approximate surface area is 294 Å². The summed E-state index contributed by atoms with van der Waals surface area (Å²) in [6, 6.07) is 30.8. The number of carbonyl (C=O) groups excluding carboxylic acids is 1. The summed E-state index contributed by atoms with van der Waals surface area (Å²) in [6.45, 7) is 4.51. The van der Waals surface area contributed by atoms with Crippen LogP contribution in [-0.2, 0) is 16.1 Å². The maximum absolute atomic E-state index is 13.2. The van der Waals surface area contributed by atoms with Crippen LogP contribution in [0.15, 0.2) is 108 Å². The molecule has 2 aliphatic heterocycles. The fraction of sp³-hybridized carbons (Fsp3) is 0.300. The van der Waals surface area contributed by atoms with Crippen molar-refractivity contribution >= 4 is 33.7 Å². The maximum Gasteiger partial charge on any atom is 0.326 e. The van der Waals surface area contributed by atoms with Crippen molar-refractivity contribution in [1.29, 1.82) is 0 Å². The van der Waals surface area contributed by atoms with Crippen LogP contribution in [0.2, 0.25) is 0 Å². The number of benzene rings is 4. The highest BCUT2D eigenvalue weighted by atomic mass is 16.7. The first kappa shape index (κ1) is 33.0. The SMILES string of the molecule is CC1C(CN2CCC(n3c(=O)[nH]c4ccccc43)CC2)OC(c2cccc(NC(=O)c3cnc4ccccc4n3)c2)OC1c1ccc(CO)cc1. The number of likely N-dealkylation sites (tertiary alicyclic amines) is 1. The van der Waals surface area contributed by atoms with E-state index in [4.69, 9.17) is 9.47 Å². The zero-order valence-corrected chi connectivity index (χ0v) is 28.3. The highest BCUT2D eigenvalue weighted by molar-refractivity contribution is 6.03. The smallest absolute Gasteiger partial charge is 0.326 e. The van der Waals surface area contributed by atoms with Crippen molar-refractivity contribution in [2.24, 2.45) is 5.92 Å². The Morgan fingerprint density at radius 3 is 2.49 bits per heavy atom. The van der Waals surface area contributed by atoms with E-state index in [9.17, 15) is 14.7 Å². The summed E-state index contributed by atoms with van der Waals surface area (Å²) >= 11 is 0. The predicted molar refractivity (Wildman–Crippen MR) is 194 cm³/mol. The van der Waals surface area contributed by atoms with Crippen molar-refractivity contribution in [1.82, 2.24) is 24.4 Å². The molecule has 0 bridgehead atoms. The Morgan fingerprint density at radius 2 is 1.69 bits per heavy atom. The van der Waals surface area contributed by atoms with Crippen molar-refractivity contribution in [2.45, 2.75) is 50.9 Å². The number of nitrogens with zero attached hydrogens (tertiary/aromatic N) is 4. The largest absolute Gasteiger partial charge is 0.392 e. The molecule has 0 radical (unpaired) electrons. The second-order valence-corrected chi connectivity index (χ2v) is 13.5. The first-order chi connectivity index (χ1) is 24.9. The van der Waals surface area contributed by atoms with E-state index < -0.39 is 6.29 Å². The maximum atomic E-state index is 13.2. The Morgan fingerprint density at radius 1 is 0.922 bits per heavy atom.